The molecule has 11 heteroatoms. The summed E-state index contributed by atoms with van der Waals surface area (Å²) in [6, 6.07) is 39.2. The molecule has 1 fully saturated rings. The molecule has 0 saturated carbocycles. The van der Waals surface area contributed by atoms with Crippen molar-refractivity contribution in [2.24, 2.45) is 0 Å². The number of benzene rings is 5. The lowest BCUT2D eigenvalue weighted by molar-refractivity contribution is -0.143. The van der Waals surface area contributed by atoms with Gasteiger partial charge in [-0.05, 0) is 77.6 Å². The fourth-order valence-corrected chi connectivity index (χ4v) is 8.15. The lowest BCUT2D eigenvalue weighted by atomic mass is 9.97. The van der Waals surface area contributed by atoms with Gasteiger partial charge in [0.2, 0.25) is 0 Å². The van der Waals surface area contributed by atoms with Crippen molar-refractivity contribution in [2.45, 2.75) is 76.2 Å². The van der Waals surface area contributed by atoms with E-state index in [1.807, 2.05) is 109 Å². The standard InChI is InChI=1S/C46H50BrFN2O6Si/c1-46(2,3)57(4,5)56-40(34-21-24-36(48)25-22-34)27-28-53-43(44(51)50-39(31-55-45(50)52)33-17-11-7-12-18-33)42(49-37-19-13-8-14-20-37)38-26-23-35(47)29-41(38)54-30-32-15-9-6-10-16-32/h6-26,29,39-40,42-43,49H,27-28,30-31H2,1-5H3/t39-,40+,42-,43-/m1/s1. The van der Waals surface area contributed by atoms with E-state index in [2.05, 4.69) is 55.1 Å². The summed E-state index contributed by atoms with van der Waals surface area (Å²) >= 11 is 3.62. The van der Waals surface area contributed by atoms with Crippen molar-refractivity contribution in [2.75, 3.05) is 18.5 Å². The zero-order valence-electron chi connectivity index (χ0n) is 33.0. The number of carbonyl (C=O) groups excluding carboxylic acids is 2. The molecule has 1 aliphatic rings. The van der Waals surface area contributed by atoms with Gasteiger partial charge in [-0.3, -0.25) is 4.79 Å². The second kappa shape index (κ2) is 18.6. The van der Waals surface area contributed by atoms with E-state index in [9.17, 15) is 9.18 Å². The van der Waals surface area contributed by atoms with Crippen molar-refractivity contribution in [1.29, 1.82) is 0 Å². The summed E-state index contributed by atoms with van der Waals surface area (Å²) in [5.74, 6) is -0.385. The molecular weight excluding hydrogens is 804 g/mol. The second-order valence-electron chi connectivity index (χ2n) is 15.7. The van der Waals surface area contributed by atoms with E-state index in [4.69, 9.17) is 18.6 Å². The van der Waals surface area contributed by atoms with E-state index >= 15 is 4.79 Å². The molecule has 0 unspecified atom stereocenters. The fraction of sp³-hybridized carbons (Fsp3) is 0.304. The van der Waals surface area contributed by atoms with Gasteiger partial charge >= 0.3 is 6.09 Å². The Kier molecular flexibility index (Phi) is 13.7. The van der Waals surface area contributed by atoms with Gasteiger partial charge in [0, 0.05) is 15.7 Å². The quantitative estimate of drug-likeness (QED) is 0.0989. The number of rotatable bonds is 16. The first-order valence-electron chi connectivity index (χ1n) is 19.2. The lowest BCUT2D eigenvalue weighted by Crippen LogP contribution is -2.47. The second-order valence-corrected chi connectivity index (χ2v) is 21.3. The van der Waals surface area contributed by atoms with Crippen LogP contribution in [0.1, 0.15) is 67.6 Å². The first-order valence-corrected chi connectivity index (χ1v) is 22.9. The van der Waals surface area contributed by atoms with E-state index in [0.29, 0.717) is 17.7 Å². The molecule has 57 heavy (non-hydrogen) atoms. The van der Waals surface area contributed by atoms with Crippen LogP contribution in [0.5, 0.6) is 5.75 Å². The summed E-state index contributed by atoms with van der Waals surface area (Å²) in [7, 11) is -2.33. The van der Waals surface area contributed by atoms with Crippen LogP contribution in [0.3, 0.4) is 0 Å². The van der Waals surface area contributed by atoms with Crippen LogP contribution in [-0.4, -0.2) is 44.5 Å². The van der Waals surface area contributed by atoms with Gasteiger partial charge in [-0.2, -0.15) is 0 Å². The number of hydrogen-bond acceptors (Lipinski definition) is 7. The summed E-state index contributed by atoms with van der Waals surface area (Å²) < 4.78 is 40.7. The van der Waals surface area contributed by atoms with Crippen LogP contribution in [0.25, 0.3) is 0 Å². The molecule has 1 N–H and O–H groups in total. The van der Waals surface area contributed by atoms with Gasteiger partial charge in [-0.25, -0.2) is 14.1 Å². The molecule has 0 radical (unpaired) electrons. The summed E-state index contributed by atoms with van der Waals surface area (Å²) in [5, 5.41) is 3.47. The predicted octanol–water partition coefficient (Wildman–Crippen LogP) is 11.6. The molecule has 0 aliphatic carbocycles. The molecule has 0 bridgehead atoms. The summed E-state index contributed by atoms with van der Waals surface area (Å²) in [5.41, 5.74) is 3.92. The van der Waals surface area contributed by atoms with Crippen LogP contribution in [0.4, 0.5) is 14.9 Å². The molecule has 4 atom stereocenters. The maximum atomic E-state index is 15.2. The monoisotopic (exact) mass is 852 g/mol. The van der Waals surface area contributed by atoms with E-state index in [1.165, 1.54) is 17.0 Å². The molecule has 1 aliphatic heterocycles. The summed E-state index contributed by atoms with van der Waals surface area (Å²) in [6.45, 7) is 11.2. The molecular formula is C46H50BrFN2O6Si. The van der Waals surface area contributed by atoms with Crippen molar-refractivity contribution in [3.05, 3.63) is 166 Å². The van der Waals surface area contributed by atoms with Gasteiger partial charge < -0.3 is 24.0 Å². The van der Waals surface area contributed by atoms with Crippen molar-refractivity contribution < 1.29 is 32.6 Å². The van der Waals surface area contributed by atoms with E-state index < -0.39 is 44.6 Å². The number of cyclic esters (lactones) is 1. The topological polar surface area (TPSA) is 86.3 Å². The Hall–Kier alpha value is -4.81. The fourth-order valence-electron chi connectivity index (χ4n) is 6.49. The van der Waals surface area contributed by atoms with E-state index in [0.717, 1.165) is 26.9 Å². The Morgan fingerprint density at radius 3 is 2.19 bits per heavy atom. The van der Waals surface area contributed by atoms with Crippen molar-refractivity contribution in [1.82, 2.24) is 4.90 Å². The van der Waals surface area contributed by atoms with Crippen LogP contribution in [0, 0.1) is 5.82 Å². The number of nitrogens with one attached hydrogen (secondary N) is 1. The molecule has 1 saturated heterocycles. The van der Waals surface area contributed by atoms with Crippen molar-refractivity contribution in [3.63, 3.8) is 0 Å². The highest BCUT2D eigenvalue weighted by Crippen LogP contribution is 2.42. The van der Waals surface area contributed by atoms with Gasteiger partial charge in [0.15, 0.2) is 14.4 Å². The molecule has 5 aromatic rings. The molecule has 1 heterocycles. The van der Waals surface area contributed by atoms with Gasteiger partial charge in [0.25, 0.3) is 5.91 Å². The molecule has 2 amide bonds. The molecule has 0 spiro atoms. The number of anilines is 1. The summed E-state index contributed by atoms with van der Waals surface area (Å²) in [6.07, 6.45) is -2.11. The molecule has 298 valence electrons. The molecule has 6 rings (SSSR count). The van der Waals surface area contributed by atoms with Crippen LogP contribution in [0.15, 0.2) is 138 Å². The van der Waals surface area contributed by atoms with Crippen LogP contribution >= 0.6 is 15.9 Å². The van der Waals surface area contributed by atoms with Gasteiger partial charge in [0.1, 0.15) is 30.8 Å². The highest BCUT2D eigenvalue weighted by molar-refractivity contribution is 9.10. The molecule has 5 aromatic carbocycles. The SMILES string of the molecule is CC(C)(C)[Si](C)(C)O[C@@H](CCO[C@@H](C(=O)N1C(=O)OC[C@@H]1c1ccccc1)[C@H](Nc1ccccc1)c1ccc(Br)cc1OCc1ccccc1)c1ccc(F)cc1. The minimum atomic E-state index is -2.33. The van der Waals surface area contributed by atoms with Gasteiger partial charge in [0.05, 0.1) is 18.8 Å². The number of para-hydroxylation sites is 1. The molecule has 0 aromatic heterocycles. The van der Waals surface area contributed by atoms with E-state index in [-0.39, 0.29) is 30.7 Å². The minimum absolute atomic E-state index is 0.00873. The zero-order chi connectivity index (χ0) is 40.6. The van der Waals surface area contributed by atoms with Gasteiger partial charge in [-0.1, -0.05) is 134 Å². The normalized spacial score (nSPS) is 16.1. The number of ether oxygens (including phenoxy) is 3. The summed E-state index contributed by atoms with van der Waals surface area (Å²) in [4.78, 5) is 29.9. The Morgan fingerprint density at radius 2 is 1.54 bits per heavy atom. The number of halogens is 2. The maximum Gasteiger partial charge on any atom is 0.417 e. The van der Waals surface area contributed by atoms with Crippen LogP contribution in [-0.2, 0) is 25.3 Å². The smallest absolute Gasteiger partial charge is 0.417 e. The Bertz CT molecular complexity index is 2080. The zero-order valence-corrected chi connectivity index (χ0v) is 35.6. The number of nitrogens with zero attached hydrogens (tertiary/aromatic N) is 1. The average Bonchev–Trinajstić information content (AvgIpc) is 3.59. The Balaban J connectivity index is 1.41. The highest BCUT2D eigenvalue weighted by atomic mass is 79.9. The van der Waals surface area contributed by atoms with E-state index in [1.54, 1.807) is 12.1 Å². The Labute approximate surface area is 344 Å². The Morgan fingerprint density at radius 1 is 0.912 bits per heavy atom. The third-order valence-corrected chi connectivity index (χ3v) is 15.6. The van der Waals surface area contributed by atoms with Crippen LogP contribution in [0.2, 0.25) is 18.1 Å². The first-order chi connectivity index (χ1) is 27.3. The first kappa shape index (κ1) is 41.8. The van der Waals surface area contributed by atoms with Crippen molar-refractivity contribution in [3.8, 4) is 5.75 Å². The largest absolute Gasteiger partial charge is 0.488 e. The number of imide groups is 1. The van der Waals surface area contributed by atoms with Crippen LogP contribution < -0.4 is 10.1 Å². The number of carbonyl (C=O) groups is 2. The maximum absolute atomic E-state index is 15.2. The minimum Gasteiger partial charge on any atom is -0.488 e. The van der Waals surface area contributed by atoms with Crippen molar-refractivity contribution >= 4 is 41.9 Å². The predicted molar refractivity (Wildman–Crippen MR) is 227 cm³/mol. The third-order valence-electron chi connectivity index (χ3n) is 10.6. The average molecular weight is 854 g/mol. The van der Waals surface area contributed by atoms with Gasteiger partial charge in [-0.15, -0.1) is 0 Å². The lowest BCUT2D eigenvalue weighted by Gasteiger charge is -2.39. The number of hydrogen-bond donors (Lipinski definition) is 1. The number of amides is 2. The molecule has 8 nitrogen and oxygen atoms in total. The highest BCUT2D eigenvalue weighted by Gasteiger charge is 2.46. The third kappa shape index (κ3) is 10.6.